The normalized spacial score (nSPS) is 10.0. The van der Waals surface area contributed by atoms with Gasteiger partial charge in [-0.25, -0.2) is 4.79 Å². The number of anilines is 3. The molecule has 0 aliphatic carbocycles. The van der Waals surface area contributed by atoms with E-state index in [0.717, 1.165) is 0 Å². The Morgan fingerprint density at radius 3 is 2.63 bits per heavy atom. The smallest absolute Gasteiger partial charge is 0.340 e. The number of nitrogen functional groups attached to an aromatic ring is 1. The van der Waals surface area contributed by atoms with Gasteiger partial charge in [0.15, 0.2) is 0 Å². The van der Waals surface area contributed by atoms with Crippen molar-refractivity contribution >= 4 is 34.6 Å². The standard InChI is InChI=1S/C14H13ClN2O2/c1-19-14(18)9-5-4-7-11(16)13(9)17-12-8-3-2-6-10(12)15/h2-8,17H,16H2,1H3. The molecule has 0 bridgehead atoms. The van der Waals surface area contributed by atoms with Crippen LogP contribution in [0.25, 0.3) is 0 Å². The summed E-state index contributed by atoms with van der Waals surface area (Å²) in [6.45, 7) is 0. The van der Waals surface area contributed by atoms with Crippen LogP contribution in [0, 0.1) is 0 Å². The summed E-state index contributed by atoms with van der Waals surface area (Å²) in [7, 11) is 1.32. The van der Waals surface area contributed by atoms with Gasteiger partial charge in [-0.15, -0.1) is 0 Å². The van der Waals surface area contributed by atoms with Gasteiger partial charge in [-0.2, -0.15) is 0 Å². The van der Waals surface area contributed by atoms with E-state index in [4.69, 9.17) is 22.1 Å². The first kappa shape index (κ1) is 13.2. The minimum atomic E-state index is -0.457. The zero-order chi connectivity index (χ0) is 13.8. The number of nitrogens with one attached hydrogen (secondary N) is 1. The molecule has 2 aromatic carbocycles. The van der Waals surface area contributed by atoms with Crippen molar-refractivity contribution in [1.29, 1.82) is 0 Å². The van der Waals surface area contributed by atoms with Crippen LogP contribution in [0.15, 0.2) is 42.5 Å². The van der Waals surface area contributed by atoms with Crippen LogP contribution in [0.2, 0.25) is 5.02 Å². The number of carbonyl (C=O) groups excluding carboxylic acids is 1. The van der Waals surface area contributed by atoms with E-state index in [1.165, 1.54) is 7.11 Å². The van der Waals surface area contributed by atoms with E-state index in [1.54, 1.807) is 30.3 Å². The Labute approximate surface area is 116 Å². The van der Waals surface area contributed by atoms with Gasteiger partial charge in [0.25, 0.3) is 0 Å². The summed E-state index contributed by atoms with van der Waals surface area (Å²) < 4.78 is 4.73. The second kappa shape index (κ2) is 5.63. The number of ether oxygens (including phenoxy) is 1. The summed E-state index contributed by atoms with van der Waals surface area (Å²) in [4.78, 5) is 11.7. The SMILES string of the molecule is COC(=O)c1cccc(N)c1Nc1ccccc1Cl. The van der Waals surface area contributed by atoms with Crippen molar-refractivity contribution in [2.45, 2.75) is 0 Å². The fourth-order valence-electron chi connectivity index (χ4n) is 1.69. The highest BCUT2D eigenvalue weighted by molar-refractivity contribution is 6.33. The Kier molecular flexibility index (Phi) is 3.92. The van der Waals surface area contributed by atoms with Gasteiger partial charge in [-0.1, -0.05) is 29.8 Å². The van der Waals surface area contributed by atoms with Crippen molar-refractivity contribution in [1.82, 2.24) is 0 Å². The van der Waals surface area contributed by atoms with Gasteiger partial charge in [-0.05, 0) is 24.3 Å². The topological polar surface area (TPSA) is 64.3 Å². The Morgan fingerprint density at radius 1 is 1.21 bits per heavy atom. The van der Waals surface area contributed by atoms with E-state index < -0.39 is 5.97 Å². The highest BCUT2D eigenvalue weighted by Crippen LogP contribution is 2.31. The number of hydrogen-bond donors (Lipinski definition) is 2. The Morgan fingerprint density at radius 2 is 1.95 bits per heavy atom. The molecule has 0 saturated heterocycles. The molecule has 0 radical (unpaired) electrons. The molecule has 98 valence electrons. The molecule has 19 heavy (non-hydrogen) atoms. The molecular weight excluding hydrogens is 264 g/mol. The Hall–Kier alpha value is -2.20. The summed E-state index contributed by atoms with van der Waals surface area (Å²) in [5.41, 5.74) is 7.87. The van der Waals surface area contributed by atoms with E-state index in [9.17, 15) is 4.79 Å². The zero-order valence-corrected chi connectivity index (χ0v) is 11.1. The molecular formula is C14H13ClN2O2. The number of carbonyl (C=O) groups is 1. The number of esters is 1. The maximum Gasteiger partial charge on any atom is 0.340 e. The molecule has 0 aliphatic heterocycles. The third kappa shape index (κ3) is 2.80. The summed E-state index contributed by atoms with van der Waals surface area (Å²) in [5.74, 6) is -0.457. The number of hydrogen-bond acceptors (Lipinski definition) is 4. The van der Waals surface area contributed by atoms with Crippen LogP contribution in [0.5, 0.6) is 0 Å². The van der Waals surface area contributed by atoms with Crippen molar-refractivity contribution in [3.63, 3.8) is 0 Å². The molecule has 0 heterocycles. The maximum absolute atomic E-state index is 11.7. The van der Waals surface area contributed by atoms with Crippen molar-refractivity contribution in [3.05, 3.63) is 53.1 Å². The molecule has 0 unspecified atom stereocenters. The second-order valence-corrected chi connectivity index (χ2v) is 4.27. The molecule has 0 amide bonds. The average Bonchev–Trinajstić information content (AvgIpc) is 2.42. The molecule has 0 atom stereocenters. The summed E-state index contributed by atoms with van der Waals surface area (Å²) in [6, 6.07) is 12.2. The predicted octanol–water partition coefficient (Wildman–Crippen LogP) is 3.45. The molecule has 2 aromatic rings. The van der Waals surface area contributed by atoms with Crippen molar-refractivity contribution < 1.29 is 9.53 Å². The first-order valence-corrected chi connectivity index (χ1v) is 5.99. The van der Waals surface area contributed by atoms with Gasteiger partial charge in [0.05, 0.1) is 34.8 Å². The lowest BCUT2D eigenvalue weighted by Gasteiger charge is -2.14. The van der Waals surface area contributed by atoms with Gasteiger partial charge in [-0.3, -0.25) is 0 Å². The molecule has 0 aliphatic rings. The lowest BCUT2D eigenvalue weighted by molar-refractivity contribution is 0.0602. The van der Waals surface area contributed by atoms with Gasteiger partial charge >= 0.3 is 5.97 Å². The van der Waals surface area contributed by atoms with Gasteiger partial charge in [0.2, 0.25) is 0 Å². The van der Waals surface area contributed by atoms with Gasteiger partial charge in [0, 0.05) is 0 Å². The highest BCUT2D eigenvalue weighted by atomic mass is 35.5. The van der Waals surface area contributed by atoms with Crippen LogP contribution in [-0.2, 0) is 4.74 Å². The number of nitrogens with two attached hydrogens (primary N) is 1. The molecule has 0 fully saturated rings. The Bertz CT molecular complexity index is 614. The third-order valence-electron chi connectivity index (χ3n) is 2.64. The van der Waals surface area contributed by atoms with E-state index in [-0.39, 0.29) is 0 Å². The highest BCUT2D eigenvalue weighted by Gasteiger charge is 2.14. The van der Waals surface area contributed by atoms with Crippen LogP contribution in [0.4, 0.5) is 17.1 Å². The number of benzene rings is 2. The van der Waals surface area contributed by atoms with Crippen LogP contribution in [-0.4, -0.2) is 13.1 Å². The minimum Gasteiger partial charge on any atom is -0.465 e. The van der Waals surface area contributed by atoms with E-state index in [0.29, 0.717) is 27.6 Å². The second-order valence-electron chi connectivity index (χ2n) is 3.87. The number of halogens is 1. The molecule has 3 N–H and O–H groups in total. The molecule has 0 spiro atoms. The molecule has 0 saturated carbocycles. The van der Waals surface area contributed by atoms with E-state index in [2.05, 4.69) is 5.32 Å². The largest absolute Gasteiger partial charge is 0.465 e. The molecule has 0 aromatic heterocycles. The van der Waals surface area contributed by atoms with Crippen LogP contribution >= 0.6 is 11.6 Å². The molecule has 4 nitrogen and oxygen atoms in total. The maximum atomic E-state index is 11.7. The van der Waals surface area contributed by atoms with Crippen molar-refractivity contribution in [2.75, 3.05) is 18.2 Å². The monoisotopic (exact) mass is 276 g/mol. The summed E-state index contributed by atoms with van der Waals surface area (Å²) in [5, 5.41) is 3.61. The van der Waals surface area contributed by atoms with Crippen LogP contribution < -0.4 is 11.1 Å². The van der Waals surface area contributed by atoms with Crippen molar-refractivity contribution in [3.8, 4) is 0 Å². The fourth-order valence-corrected chi connectivity index (χ4v) is 1.87. The lowest BCUT2D eigenvalue weighted by atomic mass is 10.1. The zero-order valence-electron chi connectivity index (χ0n) is 10.3. The number of para-hydroxylation sites is 2. The summed E-state index contributed by atoms with van der Waals surface area (Å²) in [6.07, 6.45) is 0. The first-order valence-electron chi connectivity index (χ1n) is 5.62. The quantitative estimate of drug-likeness (QED) is 0.666. The third-order valence-corrected chi connectivity index (χ3v) is 2.97. The summed E-state index contributed by atoms with van der Waals surface area (Å²) >= 11 is 6.07. The van der Waals surface area contributed by atoms with Gasteiger partial charge in [0.1, 0.15) is 0 Å². The Balaban J connectivity index is 2.45. The van der Waals surface area contributed by atoms with Crippen LogP contribution in [0.3, 0.4) is 0 Å². The minimum absolute atomic E-state index is 0.363. The molecule has 2 rings (SSSR count). The number of rotatable bonds is 3. The van der Waals surface area contributed by atoms with Gasteiger partial charge < -0.3 is 15.8 Å². The average molecular weight is 277 g/mol. The number of methoxy groups -OCH3 is 1. The first-order chi connectivity index (χ1) is 9.13. The van der Waals surface area contributed by atoms with Crippen molar-refractivity contribution in [2.24, 2.45) is 0 Å². The van der Waals surface area contributed by atoms with E-state index >= 15 is 0 Å². The fraction of sp³-hybridized carbons (Fsp3) is 0.0714. The van der Waals surface area contributed by atoms with Crippen LogP contribution in [0.1, 0.15) is 10.4 Å². The predicted molar refractivity (Wildman–Crippen MR) is 76.9 cm³/mol. The molecule has 5 heteroatoms. The lowest BCUT2D eigenvalue weighted by Crippen LogP contribution is -2.08. The van der Waals surface area contributed by atoms with E-state index in [1.807, 2.05) is 12.1 Å².